The molecule has 0 saturated carbocycles. The molecule has 266 valence electrons. The predicted molar refractivity (Wildman–Crippen MR) is 185 cm³/mol. The van der Waals surface area contributed by atoms with Gasteiger partial charge in [-0.05, 0) is 54.9 Å². The smallest absolute Gasteiger partial charge is 0.378 e. The van der Waals surface area contributed by atoms with Gasteiger partial charge in [-0.1, -0.05) is 83.1 Å². The molecule has 5 atom stereocenters. The number of hydrogen-bond donors (Lipinski definition) is 5. The highest BCUT2D eigenvalue weighted by molar-refractivity contribution is 7.80. The third-order valence-corrected chi connectivity index (χ3v) is 10.1. The van der Waals surface area contributed by atoms with Crippen molar-refractivity contribution in [1.29, 1.82) is 0 Å². The van der Waals surface area contributed by atoms with Gasteiger partial charge in [0.2, 0.25) is 17.7 Å². The van der Waals surface area contributed by atoms with E-state index in [0.29, 0.717) is 41.0 Å². The van der Waals surface area contributed by atoms with Crippen molar-refractivity contribution in [3.05, 3.63) is 70.7 Å². The molecule has 8 nitrogen and oxygen atoms in total. The second kappa shape index (κ2) is 15.7. The Labute approximate surface area is 289 Å². The lowest BCUT2D eigenvalue weighted by molar-refractivity contribution is -0.137. The van der Waals surface area contributed by atoms with Crippen LogP contribution in [-0.2, 0) is 39.8 Å². The molecule has 13 heteroatoms. The van der Waals surface area contributed by atoms with Crippen LogP contribution >= 0.6 is 12.2 Å². The number of H-pyrrole nitrogens is 1. The SMILES string of the molecule is CCNC(=S)[C@@H](NC(=O)[C@@]1(NC(=O)[C@@H](NC(=O)Cc2ccccc2F)C(C)CC)CCc2[nH]c3c(C(F)(F)F)cccc3c2C1)C(C)CC. The highest BCUT2D eigenvalue weighted by Gasteiger charge is 2.47. The van der Waals surface area contributed by atoms with Gasteiger partial charge in [-0.25, -0.2) is 4.39 Å². The molecule has 4 rings (SSSR count). The molecular formula is C36H45F4N5O3S. The van der Waals surface area contributed by atoms with E-state index in [1.165, 1.54) is 24.3 Å². The molecule has 0 saturated heterocycles. The number of aromatic nitrogens is 1. The van der Waals surface area contributed by atoms with Crippen LogP contribution in [0.5, 0.6) is 0 Å². The molecule has 1 aliphatic rings. The summed E-state index contributed by atoms with van der Waals surface area (Å²) in [6.45, 7) is 9.97. The summed E-state index contributed by atoms with van der Waals surface area (Å²) < 4.78 is 56.2. The normalized spacial score (nSPS) is 18.5. The third kappa shape index (κ3) is 8.42. The van der Waals surface area contributed by atoms with Gasteiger partial charge in [0.15, 0.2) is 0 Å². The molecule has 3 amide bonds. The maximum atomic E-state index is 14.5. The average molecular weight is 704 g/mol. The summed E-state index contributed by atoms with van der Waals surface area (Å²) in [6.07, 6.45) is -3.57. The first-order valence-corrected chi connectivity index (χ1v) is 17.2. The van der Waals surface area contributed by atoms with Crippen molar-refractivity contribution in [2.75, 3.05) is 6.54 Å². The van der Waals surface area contributed by atoms with Crippen LogP contribution in [0.1, 0.15) is 76.3 Å². The molecule has 3 aromatic rings. The molecule has 1 heterocycles. The van der Waals surface area contributed by atoms with Crippen LogP contribution < -0.4 is 21.3 Å². The standard InChI is InChI=1S/C36H45F4N5O3S/c1-6-20(4)29(43-28(46)18-22-12-9-10-15-26(22)37)32(47)45-35(34(48)44-30(21(5)7-2)33(49)41-8-3)17-16-27-24(19-35)23-13-11-14-25(31(23)42-27)36(38,39)40/h9-15,20-21,29-30,42H,6-8,16-19H2,1-5H3,(H,41,49)(H,43,46)(H,44,48)(H,45,47)/t20?,21?,29-,30-,35+/m0/s1. The fraction of sp³-hybridized carbons (Fsp3) is 0.500. The first-order chi connectivity index (χ1) is 23.1. The minimum Gasteiger partial charge on any atom is -0.378 e. The van der Waals surface area contributed by atoms with Gasteiger partial charge in [-0.2, -0.15) is 13.2 Å². The van der Waals surface area contributed by atoms with E-state index >= 15 is 0 Å². The Kier molecular flexibility index (Phi) is 12.1. The fourth-order valence-electron chi connectivity index (χ4n) is 6.38. The van der Waals surface area contributed by atoms with Crippen LogP contribution in [0.4, 0.5) is 17.6 Å². The van der Waals surface area contributed by atoms with Crippen molar-refractivity contribution >= 4 is 45.8 Å². The van der Waals surface area contributed by atoms with Gasteiger partial charge in [-0.15, -0.1) is 0 Å². The Morgan fingerprint density at radius 3 is 2.27 bits per heavy atom. The van der Waals surface area contributed by atoms with Gasteiger partial charge < -0.3 is 26.3 Å². The van der Waals surface area contributed by atoms with Gasteiger partial charge in [0.1, 0.15) is 17.4 Å². The summed E-state index contributed by atoms with van der Waals surface area (Å²) in [4.78, 5) is 45.2. The van der Waals surface area contributed by atoms with Gasteiger partial charge in [0, 0.05) is 24.0 Å². The summed E-state index contributed by atoms with van der Waals surface area (Å²) >= 11 is 5.63. The minimum absolute atomic E-state index is 0.0728. The van der Waals surface area contributed by atoms with Crippen molar-refractivity contribution in [1.82, 2.24) is 26.3 Å². The summed E-state index contributed by atoms with van der Waals surface area (Å²) in [5, 5.41) is 12.2. The summed E-state index contributed by atoms with van der Waals surface area (Å²) in [5.74, 6) is -2.72. The van der Waals surface area contributed by atoms with Gasteiger partial charge in [-0.3, -0.25) is 14.4 Å². The van der Waals surface area contributed by atoms with Crippen LogP contribution in [0.3, 0.4) is 0 Å². The molecule has 0 spiro atoms. The number of nitrogens with one attached hydrogen (secondary N) is 5. The number of aryl methyl sites for hydroxylation is 1. The van der Waals surface area contributed by atoms with Crippen LogP contribution in [0, 0.1) is 17.7 Å². The van der Waals surface area contributed by atoms with Crippen LogP contribution in [0.15, 0.2) is 42.5 Å². The Hall–Kier alpha value is -4.00. The van der Waals surface area contributed by atoms with Crippen molar-refractivity contribution < 1.29 is 31.9 Å². The maximum Gasteiger partial charge on any atom is 0.418 e. The monoisotopic (exact) mass is 703 g/mol. The number of carbonyl (C=O) groups is 3. The van der Waals surface area contributed by atoms with Crippen LogP contribution in [0.2, 0.25) is 0 Å². The zero-order valence-electron chi connectivity index (χ0n) is 28.4. The highest BCUT2D eigenvalue weighted by atomic mass is 32.1. The molecule has 0 bridgehead atoms. The second-order valence-corrected chi connectivity index (χ2v) is 13.4. The van der Waals surface area contributed by atoms with E-state index < -0.39 is 52.9 Å². The number of halogens is 4. The lowest BCUT2D eigenvalue weighted by atomic mass is 9.78. The zero-order chi connectivity index (χ0) is 36.1. The van der Waals surface area contributed by atoms with E-state index in [1.54, 1.807) is 19.1 Å². The fourth-order valence-corrected chi connectivity index (χ4v) is 6.82. The van der Waals surface area contributed by atoms with Crippen molar-refractivity contribution in [2.24, 2.45) is 11.8 Å². The largest absolute Gasteiger partial charge is 0.418 e. The Morgan fingerprint density at radius 1 is 0.959 bits per heavy atom. The predicted octanol–water partition coefficient (Wildman–Crippen LogP) is 5.91. The van der Waals surface area contributed by atoms with Crippen LogP contribution in [0.25, 0.3) is 10.9 Å². The second-order valence-electron chi connectivity index (χ2n) is 13.0. The number of rotatable bonds is 13. The summed E-state index contributed by atoms with van der Waals surface area (Å²) in [5.41, 5.74) is -1.26. The number of amides is 3. The number of fused-ring (bicyclic) bond motifs is 3. The van der Waals surface area contributed by atoms with Crippen molar-refractivity contribution in [3.63, 3.8) is 0 Å². The zero-order valence-corrected chi connectivity index (χ0v) is 29.3. The van der Waals surface area contributed by atoms with E-state index in [-0.39, 0.29) is 48.6 Å². The first-order valence-electron chi connectivity index (χ1n) is 16.8. The number of likely N-dealkylation sites (N-methyl/N-ethyl adjacent to an activating group) is 1. The Morgan fingerprint density at radius 2 is 1.63 bits per heavy atom. The molecule has 0 fully saturated rings. The molecule has 1 aliphatic carbocycles. The molecule has 2 aromatic carbocycles. The number of carbonyl (C=O) groups excluding carboxylic acids is 3. The number of aromatic amines is 1. The maximum absolute atomic E-state index is 14.5. The number of para-hydroxylation sites is 1. The lowest BCUT2D eigenvalue weighted by Gasteiger charge is -2.40. The molecule has 5 N–H and O–H groups in total. The molecule has 1 aromatic heterocycles. The topological polar surface area (TPSA) is 115 Å². The number of benzene rings is 2. The number of thiocarbonyl (C=S) groups is 1. The van der Waals surface area contributed by atoms with Gasteiger partial charge in [0.25, 0.3) is 0 Å². The molecule has 0 aliphatic heterocycles. The van der Waals surface area contributed by atoms with Gasteiger partial charge >= 0.3 is 6.18 Å². The van der Waals surface area contributed by atoms with Gasteiger partial charge in [0.05, 0.1) is 28.5 Å². The minimum atomic E-state index is -4.61. The molecule has 49 heavy (non-hydrogen) atoms. The summed E-state index contributed by atoms with van der Waals surface area (Å²) in [7, 11) is 0. The van der Waals surface area contributed by atoms with Crippen molar-refractivity contribution in [2.45, 2.75) is 96.9 Å². The number of alkyl halides is 3. The average Bonchev–Trinajstić information content (AvgIpc) is 3.43. The summed E-state index contributed by atoms with van der Waals surface area (Å²) in [6, 6.07) is 8.11. The van der Waals surface area contributed by atoms with E-state index in [4.69, 9.17) is 12.2 Å². The van der Waals surface area contributed by atoms with E-state index in [0.717, 1.165) is 6.07 Å². The van der Waals surface area contributed by atoms with E-state index in [2.05, 4.69) is 26.3 Å². The molecular weight excluding hydrogens is 658 g/mol. The highest BCUT2D eigenvalue weighted by Crippen LogP contribution is 2.40. The van der Waals surface area contributed by atoms with E-state index in [9.17, 15) is 31.9 Å². The van der Waals surface area contributed by atoms with Crippen LogP contribution in [-0.4, -0.2) is 51.9 Å². The van der Waals surface area contributed by atoms with Crippen molar-refractivity contribution in [3.8, 4) is 0 Å². The molecule has 0 radical (unpaired) electrons. The molecule has 2 unspecified atom stereocenters. The number of hydrogen-bond acceptors (Lipinski definition) is 4. The lowest BCUT2D eigenvalue weighted by Crippen LogP contribution is -2.67. The quantitative estimate of drug-likeness (QED) is 0.112. The Balaban J connectivity index is 1.74. The third-order valence-electron chi connectivity index (χ3n) is 9.67. The van der Waals surface area contributed by atoms with E-state index in [1.807, 2.05) is 27.7 Å². The Bertz CT molecular complexity index is 1690. The first kappa shape index (κ1) is 37.8.